The number of pyridine rings is 1. The Kier molecular flexibility index (Phi) is 3.73. The Morgan fingerprint density at radius 3 is 2.36 bits per heavy atom. The fraction of sp³-hybridized carbons (Fsp3) is 0.375. The summed E-state index contributed by atoms with van der Waals surface area (Å²) in [5, 5.41) is 1.87. The molecular weight excluding hydrogens is 302 g/mol. The van der Waals surface area contributed by atoms with Crippen molar-refractivity contribution >= 4 is 10.8 Å². The van der Waals surface area contributed by atoms with Crippen molar-refractivity contribution in [2.24, 2.45) is 0 Å². The van der Waals surface area contributed by atoms with Crippen molar-refractivity contribution in [3.63, 3.8) is 0 Å². The molecule has 0 amide bonds. The second-order valence-electron chi connectivity index (χ2n) is 7.66. The first kappa shape index (κ1) is 14.1. The van der Waals surface area contributed by atoms with Crippen molar-refractivity contribution in [1.82, 2.24) is 4.98 Å². The van der Waals surface area contributed by atoms with E-state index in [9.17, 15) is 0 Å². The van der Waals surface area contributed by atoms with Gasteiger partial charge >= 0.3 is 0 Å². The third kappa shape index (κ3) is 3.20. The Hall–Kier alpha value is -2.15. The van der Waals surface area contributed by atoms with Gasteiger partial charge in [0, 0.05) is 17.1 Å². The number of aromatic nitrogens is 1. The molecular formula is C24H27N. The van der Waals surface area contributed by atoms with Crippen molar-refractivity contribution in [3.8, 4) is 11.3 Å². The van der Waals surface area contributed by atoms with Gasteiger partial charge in [-0.3, -0.25) is 4.98 Å². The number of hydrogen-bond donors (Lipinski definition) is 0. The van der Waals surface area contributed by atoms with Gasteiger partial charge in [0.15, 0.2) is 0 Å². The van der Waals surface area contributed by atoms with Gasteiger partial charge in [-0.05, 0) is 80.3 Å². The Morgan fingerprint density at radius 2 is 1.64 bits per heavy atom. The van der Waals surface area contributed by atoms with E-state index in [0.717, 1.165) is 22.0 Å². The molecule has 0 radical (unpaired) electrons. The summed E-state index contributed by atoms with van der Waals surface area (Å²) >= 11 is 0. The van der Waals surface area contributed by atoms with E-state index in [2.05, 4.69) is 56.1 Å². The summed E-state index contributed by atoms with van der Waals surface area (Å²) in [6, 6.07) is 11.0. The van der Waals surface area contributed by atoms with E-state index in [-0.39, 0.29) is 12.2 Å². The Balaban J connectivity index is 1.96. The molecule has 1 heteroatoms. The van der Waals surface area contributed by atoms with Crippen LogP contribution in [0.15, 0.2) is 42.5 Å². The zero-order valence-corrected chi connectivity index (χ0v) is 15.4. The van der Waals surface area contributed by atoms with Crippen LogP contribution < -0.4 is 0 Å². The number of aryl methyl sites for hydroxylation is 3. The first-order chi connectivity index (χ1) is 12.9. The maximum Gasteiger partial charge on any atom is 0.0840 e. The molecule has 1 aromatic heterocycles. The SMILES string of the molecule is [2H]c1nc(-c2cc(C)cc(C)c2)c2cc(C)c(C3CCCCC3)cc2c1[2H]. The molecule has 0 spiro atoms. The molecule has 0 aliphatic heterocycles. The van der Waals surface area contributed by atoms with Gasteiger partial charge in [-0.2, -0.15) is 0 Å². The highest BCUT2D eigenvalue weighted by atomic mass is 14.7. The van der Waals surface area contributed by atoms with Crippen LogP contribution in [0.5, 0.6) is 0 Å². The van der Waals surface area contributed by atoms with Crippen LogP contribution in [0.1, 0.15) is 63.0 Å². The standard InChI is InChI=1S/C24H27N/c1-16-11-17(2)13-21(12-16)24-23-14-18(3)22(15-20(23)9-10-25-24)19-7-5-4-6-8-19/h9-15,19H,4-8H2,1-3H3/i9D,10D. The molecule has 3 aromatic rings. The third-order valence-electron chi connectivity index (χ3n) is 5.56. The quantitative estimate of drug-likeness (QED) is 0.499. The van der Waals surface area contributed by atoms with Gasteiger partial charge in [-0.1, -0.05) is 42.5 Å². The molecule has 4 rings (SSSR count). The lowest BCUT2D eigenvalue weighted by atomic mass is 9.81. The zero-order chi connectivity index (χ0) is 19.1. The predicted octanol–water partition coefficient (Wildman–Crippen LogP) is 6.87. The highest BCUT2D eigenvalue weighted by Gasteiger charge is 2.18. The van der Waals surface area contributed by atoms with Gasteiger partial charge in [0.2, 0.25) is 0 Å². The Morgan fingerprint density at radius 1 is 0.920 bits per heavy atom. The molecule has 2 aromatic carbocycles. The van der Waals surface area contributed by atoms with E-state index in [0.29, 0.717) is 5.92 Å². The minimum atomic E-state index is 0.0649. The molecule has 0 saturated heterocycles. The van der Waals surface area contributed by atoms with Crippen LogP contribution in [-0.2, 0) is 0 Å². The summed E-state index contributed by atoms with van der Waals surface area (Å²) in [4.78, 5) is 4.52. The van der Waals surface area contributed by atoms with Crippen LogP contribution in [0, 0.1) is 20.8 Å². The minimum Gasteiger partial charge on any atom is -0.256 e. The lowest BCUT2D eigenvalue weighted by Gasteiger charge is -2.24. The molecule has 1 aliphatic carbocycles. The van der Waals surface area contributed by atoms with Crippen molar-refractivity contribution in [2.45, 2.75) is 58.8 Å². The molecule has 1 fully saturated rings. The average molecular weight is 331 g/mol. The first-order valence-electron chi connectivity index (χ1n) is 10.4. The van der Waals surface area contributed by atoms with Crippen LogP contribution in [0.2, 0.25) is 0 Å². The molecule has 1 heterocycles. The van der Waals surface area contributed by atoms with Gasteiger partial charge < -0.3 is 0 Å². The highest BCUT2D eigenvalue weighted by molar-refractivity contribution is 5.95. The summed E-state index contributed by atoms with van der Waals surface area (Å²) in [6.07, 6.45) is 6.47. The number of nitrogens with zero attached hydrogens (tertiary/aromatic N) is 1. The zero-order valence-electron chi connectivity index (χ0n) is 17.4. The fourth-order valence-corrected chi connectivity index (χ4v) is 4.41. The molecule has 128 valence electrons. The molecule has 0 bridgehead atoms. The molecule has 1 saturated carbocycles. The normalized spacial score (nSPS) is 16.8. The fourth-order valence-electron chi connectivity index (χ4n) is 4.41. The summed E-state index contributed by atoms with van der Waals surface area (Å²) in [7, 11) is 0. The maximum atomic E-state index is 8.46. The van der Waals surface area contributed by atoms with Crippen LogP contribution >= 0.6 is 0 Å². The van der Waals surface area contributed by atoms with E-state index in [1.807, 2.05) is 0 Å². The lowest BCUT2D eigenvalue weighted by molar-refractivity contribution is 0.442. The van der Waals surface area contributed by atoms with Crippen LogP contribution in [0.4, 0.5) is 0 Å². The van der Waals surface area contributed by atoms with Crippen molar-refractivity contribution < 1.29 is 2.74 Å². The smallest absolute Gasteiger partial charge is 0.0840 e. The molecule has 0 N–H and O–H groups in total. The summed E-state index contributed by atoms with van der Waals surface area (Å²) < 4.78 is 16.7. The van der Waals surface area contributed by atoms with Crippen molar-refractivity contribution in [3.05, 3.63) is 64.8 Å². The number of fused-ring (bicyclic) bond motifs is 1. The van der Waals surface area contributed by atoms with Crippen LogP contribution in [-0.4, -0.2) is 4.98 Å². The van der Waals surface area contributed by atoms with Crippen molar-refractivity contribution in [2.75, 3.05) is 0 Å². The minimum absolute atomic E-state index is 0.0649. The highest BCUT2D eigenvalue weighted by Crippen LogP contribution is 2.37. The first-order valence-corrected chi connectivity index (χ1v) is 9.44. The van der Waals surface area contributed by atoms with Gasteiger partial charge in [0.05, 0.1) is 8.44 Å². The van der Waals surface area contributed by atoms with E-state index >= 15 is 0 Å². The summed E-state index contributed by atoms with van der Waals surface area (Å²) in [5.74, 6) is 0.592. The third-order valence-corrected chi connectivity index (χ3v) is 5.56. The number of benzene rings is 2. The molecule has 1 nitrogen and oxygen atoms in total. The Labute approximate surface area is 153 Å². The van der Waals surface area contributed by atoms with Crippen molar-refractivity contribution in [1.29, 1.82) is 0 Å². The average Bonchev–Trinajstić information content (AvgIpc) is 2.64. The van der Waals surface area contributed by atoms with Gasteiger partial charge in [-0.25, -0.2) is 0 Å². The van der Waals surface area contributed by atoms with E-state index in [1.165, 1.54) is 54.4 Å². The molecule has 25 heavy (non-hydrogen) atoms. The largest absolute Gasteiger partial charge is 0.256 e. The lowest BCUT2D eigenvalue weighted by Crippen LogP contribution is -2.06. The predicted molar refractivity (Wildman–Crippen MR) is 107 cm³/mol. The van der Waals surface area contributed by atoms with E-state index in [4.69, 9.17) is 2.74 Å². The van der Waals surface area contributed by atoms with Gasteiger partial charge in [0.1, 0.15) is 0 Å². The molecule has 1 aliphatic rings. The van der Waals surface area contributed by atoms with E-state index in [1.54, 1.807) is 0 Å². The second-order valence-corrected chi connectivity index (χ2v) is 7.66. The Bertz CT molecular complexity index is 997. The molecule has 0 atom stereocenters. The topological polar surface area (TPSA) is 12.9 Å². The summed E-state index contributed by atoms with van der Waals surface area (Å²) in [6.45, 7) is 6.37. The van der Waals surface area contributed by atoms with Crippen LogP contribution in [0.3, 0.4) is 0 Å². The van der Waals surface area contributed by atoms with Gasteiger partial charge in [0.25, 0.3) is 0 Å². The monoisotopic (exact) mass is 331 g/mol. The summed E-state index contributed by atoms with van der Waals surface area (Å²) in [5.41, 5.74) is 6.91. The van der Waals surface area contributed by atoms with Gasteiger partial charge in [-0.15, -0.1) is 0 Å². The number of hydrogen-bond acceptors (Lipinski definition) is 1. The van der Waals surface area contributed by atoms with E-state index < -0.39 is 0 Å². The maximum absolute atomic E-state index is 8.46. The number of rotatable bonds is 2. The second kappa shape index (κ2) is 6.63. The van der Waals surface area contributed by atoms with Crippen LogP contribution in [0.25, 0.3) is 22.0 Å². The molecule has 0 unspecified atom stereocenters.